The van der Waals surface area contributed by atoms with E-state index in [0.29, 0.717) is 5.13 Å². The van der Waals surface area contributed by atoms with Gasteiger partial charge in [0.05, 0.1) is 5.92 Å². The minimum absolute atomic E-state index is 0.0188. The van der Waals surface area contributed by atoms with E-state index in [1.54, 1.807) is 11.8 Å². The normalized spacial score (nSPS) is 17.8. The fraction of sp³-hybridized carbons (Fsp3) is 0.389. The van der Waals surface area contributed by atoms with Crippen LogP contribution in [0.15, 0.2) is 41.3 Å². The van der Waals surface area contributed by atoms with Gasteiger partial charge < -0.3 is 5.32 Å². The second-order valence-electron chi connectivity index (χ2n) is 6.13. The number of rotatable bonds is 7. The van der Waals surface area contributed by atoms with Crippen LogP contribution in [0, 0.1) is 5.92 Å². The summed E-state index contributed by atoms with van der Waals surface area (Å²) in [6.07, 6.45) is 3.71. The van der Waals surface area contributed by atoms with Gasteiger partial charge in [-0.2, -0.15) is 0 Å². The van der Waals surface area contributed by atoms with Crippen LogP contribution in [0.2, 0.25) is 5.02 Å². The molecule has 1 fully saturated rings. The van der Waals surface area contributed by atoms with Crippen LogP contribution in [0.5, 0.6) is 0 Å². The number of aromatic nitrogens is 2. The Bertz CT molecular complexity index is 767. The number of nitrogens with zero attached hydrogens (tertiary/aromatic N) is 3. The lowest BCUT2D eigenvalue weighted by Crippen LogP contribution is -2.40. The Balaban J connectivity index is 1.55. The molecule has 26 heavy (non-hydrogen) atoms. The quantitative estimate of drug-likeness (QED) is 0.420. The summed E-state index contributed by atoms with van der Waals surface area (Å²) < 4.78 is 0.837. The lowest BCUT2D eigenvalue weighted by Gasteiger charge is -2.32. The smallest absolute Gasteiger partial charge is 0.230 e. The third-order valence-corrected chi connectivity index (χ3v) is 6.53. The highest BCUT2D eigenvalue weighted by Crippen LogP contribution is 2.27. The van der Waals surface area contributed by atoms with Crippen molar-refractivity contribution in [1.82, 2.24) is 15.1 Å². The molecule has 0 radical (unpaired) electrons. The van der Waals surface area contributed by atoms with E-state index >= 15 is 0 Å². The van der Waals surface area contributed by atoms with Crippen LogP contribution in [-0.2, 0) is 11.3 Å². The molecule has 1 N–H and O–H groups in total. The van der Waals surface area contributed by atoms with Crippen molar-refractivity contribution in [2.45, 2.75) is 23.7 Å². The first-order chi connectivity index (χ1) is 12.7. The van der Waals surface area contributed by atoms with Gasteiger partial charge in [0.25, 0.3) is 0 Å². The second kappa shape index (κ2) is 9.50. The Hall–Kier alpha value is -1.41. The third kappa shape index (κ3) is 5.30. The van der Waals surface area contributed by atoms with E-state index < -0.39 is 0 Å². The number of piperidine rings is 1. The van der Waals surface area contributed by atoms with Crippen molar-refractivity contribution in [2.75, 3.05) is 24.2 Å². The number of carbonyl (C=O) groups is 1. The van der Waals surface area contributed by atoms with Crippen molar-refractivity contribution >= 4 is 45.7 Å². The molecule has 0 aliphatic carbocycles. The monoisotopic (exact) mass is 408 g/mol. The van der Waals surface area contributed by atoms with Crippen molar-refractivity contribution in [3.63, 3.8) is 0 Å². The Kier molecular flexibility index (Phi) is 7.07. The molecule has 1 unspecified atom stereocenters. The van der Waals surface area contributed by atoms with Gasteiger partial charge in [0, 0.05) is 23.9 Å². The number of thioether (sulfide) groups is 1. The molecule has 1 aliphatic heterocycles. The average Bonchev–Trinajstić information content (AvgIpc) is 3.09. The fourth-order valence-corrected chi connectivity index (χ4v) is 4.65. The molecule has 138 valence electrons. The summed E-state index contributed by atoms with van der Waals surface area (Å²) in [7, 11) is 0. The summed E-state index contributed by atoms with van der Waals surface area (Å²) in [4.78, 5) is 14.9. The first-order valence-corrected chi connectivity index (χ1v) is 10.7. The summed E-state index contributed by atoms with van der Waals surface area (Å²) in [5, 5.41) is 12.4. The highest BCUT2D eigenvalue weighted by atomic mass is 35.5. The SMILES string of the molecule is C=CCSc1nnc(NC(=O)C2CCCN(Cc3ccccc3Cl)C2)s1. The van der Waals surface area contributed by atoms with E-state index in [0.717, 1.165) is 53.2 Å². The number of nitrogens with one attached hydrogen (secondary N) is 1. The zero-order valence-corrected chi connectivity index (χ0v) is 16.7. The van der Waals surface area contributed by atoms with Gasteiger partial charge in [-0.25, -0.2) is 0 Å². The number of likely N-dealkylation sites (tertiary alicyclic amines) is 1. The standard InChI is InChI=1S/C18H21ClN4OS2/c1-2-10-25-18-22-21-17(26-18)20-16(24)14-7-5-9-23(12-14)11-13-6-3-4-8-15(13)19/h2-4,6,8,14H,1,5,7,9-12H2,(H,20,21,24). The van der Waals surface area contributed by atoms with Crippen LogP contribution in [0.1, 0.15) is 18.4 Å². The van der Waals surface area contributed by atoms with E-state index in [-0.39, 0.29) is 11.8 Å². The van der Waals surface area contributed by atoms with Crippen molar-refractivity contribution in [3.8, 4) is 0 Å². The number of amides is 1. The predicted molar refractivity (Wildman–Crippen MR) is 109 cm³/mol. The number of hydrogen-bond donors (Lipinski definition) is 1. The Morgan fingerprint density at radius 2 is 2.31 bits per heavy atom. The van der Waals surface area contributed by atoms with Crippen LogP contribution in [0.25, 0.3) is 0 Å². The molecule has 2 aromatic rings. The molecule has 1 aromatic heterocycles. The van der Waals surface area contributed by atoms with Gasteiger partial charge >= 0.3 is 0 Å². The summed E-state index contributed by atoms with van der Waals surface area (Å²) in [5.74, 6) is 0.757. The largest absolute Gasteiger partial charge is 0.300 e. The van der Waals surface area contributed by atoms with E-state index in [4.69, 9.17) is 11.6 Å². The first kappa shape index (κ1) is 19.4. The predicted octanol–water partition coefficient (Wildman–Crippen LogP) is 4.32. The molecule has 1 aromatic carbocycles. The maximum Gasteiger partial charge on any atom is 0.230 e. The number of benzene rings is 1. The van der Waals surface area contributed by atoms with Gasteiger partial charge in [0.1, 0.15) is 0 Å². The lowest BCUT2D eigenvalue weighted by atomic mass is 9.97. The van der Waals surface area contributed by atoms with Gasteiger partial charge in [0.15, 0.2) is 4.34 Å². The van der Waals surface area contributed by atoms with Crippen molar-refractivity contribution < 1.29 is 4.79 Å². The van der Waals surface area contributed by atoms with Gasteiger partial charge in [-0.1, -0.05) is 59.0 Å². The van der Waals surface area contributed by atoms with Gasteiger partial charge in [-0.3, -0.25) is 9.69 Å². The lowest BCUT2D eigenvalue weighted by molar-refractivity contribution is -0.121. The van der Waals surface area contributed by atoms with Crippen LogP contribution >= 0.6 is 34.7 Å². The molecule has 1 atom stereocenters. The molecular formula is C18H21ClN4OS2. The van der Waals surface area contributed by atoms with Crippen LogP contribution < -0.4 is 5.32 Å². The van der Waals surface area contributed by atoms with E-state index in [9.17, 15) is 4.79 Å². The first-order valence-electron chi connectivity index (χ1n) is 8.49. The minimum atomic E-state index is -0.0422. The third-order valence-electron chi connectivity index (χ3n) is 4.19. The Labute approximate surface area is 166 Å². The number of carbonyl (C=O) groups excluding carboxylic acids is 1. The molecule has 1 amide bonds. The molecule has 2 heterocycles. The molecule has 0 spiro atoms. The summed E-state index contributed by atoms with van der Waals surface area (Å²) >= 11 is 9.22. The summed E-state index contributed by atoms with van der Waals surface area (Å²) in [6.45, 7) is 6.17. The van der Waals surface area contributed by atoms with Crippen molar-refractivity contribution in [3.05, 3.63) is 47.5 Å². The molecule has 1 aliphatic rings. The van der Waals surface area contributed by atoms with E-state index in [1.807, 2.05) is 30.3 Å². The Morgan fingerprint density at radius 1 is 1.46 bits per heavy atom. The van der Waals surface area contributed by atoms with Gasteiger partial charge in [-0.15, -0.1) is 16.8 Å². The molecule has 0 saturated carbocycles. The molecule has 3 rings (SSSR count). The van der Waals surface area contributed by atoms with Gasteiger partial charge in [0.2, 0.25) is 11.0 Å². The molecule has 0 bridgehead atoms. The number of hydrogen-bond acceptors (Lipinski definition) is 6. The topological polar surface area (TPSA) is 58.1 Å². The van der Waals surface area contributed by atoms with Crippen LogP contribution in [0.3, 0.4) is 0 Å². The highest BCUT2D eigenvalue weighted by Gasteiger charge is 2.26. The molecule has 5 nitrogen and oxygen atoms in total. The van der Waals surface area contributed by atoms with E-state index in [1.165, 1.54) is 11.3 Å². The average molecular weight is 409 g/mol. The summed E-state index contributed by atoms with van der Waals surface area (Å²) in [5.41, 5.74) is 1.10. The highest BCUT2D eigenvalue weighted by molar-refractivity contribution is 8.01. The van der Waals surface area contributed by atoms with Crippen molar-refractivity contribution in [2.24, 2.45) is 5.92 Å². The molecular weight excluding hydrogens is 388 g/mol. The fourth-order valence-electron chi connectivity index (χ4n) is 2.94. The van der Waals surface area contributed by atoms with Gasteiger partial charge in [-0.05, 0) is 31.0 Å². The van der Waals surface area contributed by atoms with E-state index in [2.05, 4.69) is 27.0 Å². The zero-order valence-electron chi connectivity index (χ0n) is 14.4. The minimum Gasteiger partial charge on any atom is -0.300 e. The maximum absolute atomic E-state index is 12.6. The Morgan fingerprint density at radius 3 is 3.12 bits per heavy atom. The second-order valence-corrected chi connectivity index (χ2v) is 8.78. The number of anilines is 1. The number of halogens is 1. The molecule has 8 heteroatoms. The zero-order chi connectivity index (χ0) is 18.4. The van der Waals surface area contributed by atoms with Crippen LogP contribution in [0.4, 0.5) is 5.13 Å². The summed E-state index contributed by atoms with van der Waals surface area (Å²) in [6, 6.07) is 7.87. The maximum atomic E-state index is 12.6. The van der Waals surface area contributed by atoms with Crippen molar-refractivity contribution in [1.29, 1.82) is 0 Å². The molecule has 1 saturated heterocycles. The van der Waals surface area contributed by atoms with Crippen LogP contribution in [-0.4, -0.2) is 39.8 Å².